The summed E-state index contributed by atoms with van der Waals surface area (Å²) in [6.07, 6.45) is 1.97. The predicted molar refractivity (Wildman–Crippen MR) is 55.8 cm³/mol. The molecule has 0 saturated heterocycles. The van der Waals surface area contributed by atoms with E-state index in [-0.39, 0.29) is 5.41 Å². The summed E-state index contributed by atoms with van der Waals surface area (Å²) in [5.74, 6) is 5.91. The van der Waals surface area contributed by atoms with Gasteiger partial charge in [0.05, 0.1) is 0 Å². The molecule has 0 heterocycles. The molecule has 0 aliphatic carbocycles. The molecule has 0 rings (SSSR count). The van der Waals surface area contributed by atoms with Crippen LogP contribution in [0.1, 0.15) is 34.6 Å². The van der Waals surface area contributed by atoms with Crippen LogP contribution in [0.25, 0.3) is 0 Å². The van der Waals surface area contributed by atoms with E-state index < -0.39 is 0 Å². The molecular weight excluding hydrogens is 144 g/mol. The molecule has 0 aliphatic heterocycles. The van der Waals surface area contributed by atoms with Crippen LogP contribution in [0.2, 0.25) is 0 Å². The molecule has 0 spiro atoms. The first-order chi connectivity index (χ1) is 5.34. The van der Waals surface area contributed by atoms with Crippen LogP contribution in [0, 0.1) is 17.3 Å². The Morgan fingerprint density at radius 3 is 2.08 bits per heavy atom. The number of allylic oxidation sites excluding steroid dienone is 3. The monoisotopic (exact) mass is 162 g/mol. The van der Waals surface area contributed by atoms with Crippen molar-refractivity contribution in [2.75, 3.05) is 0 Å². The zero-order valence-corrected chi connectivity index (χ0v) is 8.78. The van der Waals surface area contributed by atoms with Gasteiger partial charge in [-0.15, -0.1) is 0 Å². The third-order valence-corrected chi connectivity index (χ3v) is 1.76. The molecule has 0 amide bonds. The predicted octanol–water partition coefficient (Wildman–Crippen LogP) is 3.56. The number of hydrogen-bond donors (Lipinski definition) is 0. The highest BCUT2D eigenvalue weighted by molar-refractivity contribution is 5.31. The van der Waals surface area contributed by atoms with E-state index in [1.54, 1.807) is 0 Å². The topological polar surface area (TPSA) is 0 Å². The van der Waals surface area contributed by atoms with Crippen LogP contribution < -0.4 is 0 Å². The van der Waals surface area contributed by atoms with Crippen LogP contribution in [0.3, 0.4) is 0 Å². The molecule has 0 radical (unpaired) electrons. The Hall–Kier alpha value is -0.960. The van der Waals surface area contributed by atoms with Gasteiger partial charge >= 0.3 is 0 Å². The average molecular weight is 162 g/mol. The number of hydrogen-bond acceptors (Lipinski definition) is 0. The van der Waals surface area contributed by atoms with E-state index in [2.05, 4.69) is 46.1 Å². The molecule has 66 valence electrons. The first-order valence-corrected chi connectivity index (χ1v) is 4.18. The van der Waals surface area contributed by atoms with Crippen molar-refractivity contribution in [2.45, 2.75) is 34.6 Å². The minimum Gasteiger partial charge on any atom is -0.0877 e. The molecule has 0 heteroatoms. The van der Waals surface area contributed by atoms with Gasteiger partial charge < -0.3 is 0 Å². The lowest BCUT2D eigenvalue weighted by Crippen LogP contribution is -2.05. The maximum atomic E-state index is 3.71. The van der Waals surface area contributed by atoms with Gasteiger partial charge in [-0.1, -0.05) is 44.8 Å². The molecule has 12 heavy (non-hydrogen) atoms. The smallest absolute Gasteiger partial charge is 0.00790 e. The maximum absolute atomic E-state index is 3.71. The van der Waals surface area contributed by atoms with E-state index >= 15 is 0 Å². The molecule has 0 unspecified atom stereocenters. The third-order valence-electron chi connectivity index (χ3n) is 1.76. The van der Waals surface area contributed by atoms with E-state index in [1.807, 2.05) is 13.0 Å². The van der Waals surface area contributed by atoms with E-state index in [0.29, 0.717) is 0 Å². The summed E-state index contributed by atoms with van der Waals surface area (Å²) in [4.78, 5) is 0. The quantitative estimate of drug-likeness (QED) is 0.478. The summed E-state index contributed by atoms with van der Waals surface area (Å²) < 4.78 is 0. The van der Waals surface area contributed by atoms with Gasteiger partial charge in [0.2, 0.25) is 0 Å². The second-order valence-electron chi connectivity index (χ2n) is 4.13. The van der Waals surface area contributed by atoms with Crippen LogP contribution in [-0.2, 0) is 0 Å². The van der Waals surface area contributed by atoms with E-state index in [4.69, 9.17) is 0 Å². The highest BCUT2D eigenvalue weighted by atomic mass is 14.2. The Labute approximate surface area is 76.4 Å². The zero-order chi connectivity index (χ0) is 9.78. The highest BCUT2D eigenvalue weighted by Crippen LogP contribution is 2.23. The molecule has 0 saturated carbocycles. The Morgan fingerprint density at radius 2 is 1.75 bits per heavy atom. The fraction of sp³-hybridized carbons (Fsp3) is 0.500. The molecule has 0 aliphatic rings. The SMILES string of the molecule is C=C(C)C#C/C=C(\C)C(C)(C)C. The van der Waals surface area contributed by atoms with Crippen LogP contribution >= 0.6 is 0 Å². The largest absolute Gasteiger partial charge is 0.0877 e. The highest BCUT2D eigenvalue weighted by Gasteiger charge is 2.10. The Morgan fingerprint density at radius 1 is 1.25 bits per heavy atom. The number of rotatable bonds is 0. The van der Waals surface area contributed by atoms with Crippen molar-refractivity contribution in [3.8, 4) is 11.8 Å². The lowest BCUT2D eigenvalue weighted by Gasteiger charge is -2.18. The van der Waals surface area contributed by atoms with Gasteiger partial charge in [-0.05, 0) is 30.9 Å². The van der Waals surface area contributed by atoms with Crippen molar-refractivity contribution in [3.05, 3.63) is 23.8 Å². The second-order valence-corrected chi connectivity index (χ2v) is 4.13. The van der Waals surface area contributed by atoms with Crippen molar-refractivity contribution in [1.82, 2.24) is 0 Å². The molecule has 0 nitrogen and oxygen atoms in total. The van der Waals surface area contributed by atoms with Gasteiger partial charge in [0, 0.05) is 0 Å². The Balaban J connectivity index is 4.43. The fourth-order valence-electron chi connectivity index (χ4n) is 0.484. The lowest BCUT2D eigenvalue weighted by atomic mass is 9.87. The maximum Gasteiger partial charge on any atom is -0.00790 e. The molecule has 0 fully saturated rings. The minimum absolute atomic E-state index is 0.226. The van der Waals surface area contributed by atoms with E-state index in [1.165, 1.54) is 5.57 Å². The van der Waals surface area contributed by atoms with Crippen LogP contribution in [0.15, 0.2) is 23.8 Å². The van der Waals surface area contributed by atoms with Crippen LogP contribution in [0.4, 0.5) is 0 Å². The summed E-state index contributed by atoms with van der Waals surface area (Å²) in [5.41, 5.74) is 2.44. The summed E-state index contributed by atoms with van der Waals surface area (Å²) >= 11 is 0. The Kier molecular flexibility index (Phi) is 3.83. The molecule has 0 aromatic carbocycles. The Bertz CT molecular complexity index is 248. The molecule has 0 aromatic rings. The van der Waals surface area contributed by atoms with E-state index in [9.17, 15) is 0 Å². The molecule has 0 bridgehead atoms. The summed E-state index contributed by atoms with van der Waals surface area (Å²) in [6.45, 7) is 14.3. The fourth-order valence-corrected chi connectivity index (χ4v) is 0.484. The molecular formula is C12H18. The summed E-state index contributed by atoms with van der Waals surface area (Å²) in [7, 11) is 0. The van der Waals surface area contributed by atoms with Gasteiger partial charge in [0.25, 0.3) is 0 Å². The first-order valence-electron chi connectivity index (χ1n) is 4.18. The molecule has 0 aromatic heterocycles. The average Bonchev–Trinajstić information content (AvgIpc) is 1.84. The van der Waals surface area contributed by atoms with Crippen molar-refractivity contribution < 1.29 is 0 Å². The first kappa shape index (κ1) is 11.0. The van der Waals surface area contributed by atoms with Crippen LogP contribution in [-0.4, -0.2) is 0 Å². The minimum atomic E-state index is 0.226. The summed E-state index contributed by atoms with van der Waals surface area (Å²) in [6, 6.07) is 0. The molecule has 0 N–H and O–H groups in total. The van der Waals surface area contributed by atoms with Gasteiger partial charge in [-0.2, -0.15) is 0 Å². The standard InChI is InChI=1S/C12H18/c1-10(2)8-7-9-11(3)12(4,5)6/h9H,1H2,2-6H3/b11-9+. The van der Waals surface area contributed by atoms with Gasteiger partial charge in [0.15, 0.2) is 0 Å². The third kappa shape index (κ3) is 4.79. The zero-order valence-electron chi connectivity index (χ0n) is 8.78. The lowest BCUT2D eigenvalue weighted by molar-refractivity contribution is 0.504. The van der Waals surface area contributed by atoms with Gasteiger partial charge in [0.1, 0.15) is 0 Å². The summed E-state index contributed by atoms with van der Waals surface area (Å²) in [5, 5.41) is 0. The van der Waals surface area contributed by atoms with Crippen molar-refractivity contribution in [1.29, 1.82) is 0 Å². The van der Waals surface area contributed by atoms with Gasteiger partial charge in [-0.3, -0.25) is 0 Å². The molecule has 0 atom stereocenters. The van der Waals surface area contributed by atoms with Crippen molar-refractivity contribution >= 4 is 0 Å². The van der Waals surface area contributed by atoms with Crippen molar-refractivity contribution in [3.63, 3.8) is 0 Å². The second kappa shape index (κ2) is 4.16. The van der Waals surface area contributed by atoms with Crippen LogP contribution in [0.5, 0.6) is 0 Å². The van der Waals surface area contributed by atoms with Gasteiger partial charge in [-0.25, -0.2) is 0 Å². The normalized spacial score (nSPS) is 11.9. The van der Waals surface area contributed by atoms with E-state index in [0.717, 1.165) is 5.57 Å². The van der Waals surface area contributed by atoms with Crippen molar-refractivity contribution in [2.24, 2.45) is 5.41 Å².